The molecule has 5 atom stereocenters. The van der Waals surface area contributed by atoms with E-state index in [1.165, 1.54) is 6.92 Å². The van der Waals surface area contributed by atoms with Gasteiger partial charge in [0.1, 0.15) is 35.4 Å². The second kappa shape index (κ2) is 8.46. The number of rotatable bonds is 6. The lowest BCUT2D eigenvalue weighted by atomic mass is 9.89. The first kappa shape index (κ1) is 20.6. The van der Waals surface area contributed by atoms with Gasteiger partial charge in [0.05, 0.1) is 13.7 Å². The molecule has 0 aliphatic carbocycles. The summed E-state index contributed by atoms with van der Waals surface area (Å²) in [7, 11) is 1.61. The van der Waals surface area contributed by atoms with Crippen LogP contribution in [0.3, 0.4) is 0 Å². The van der Waals surface area contributed by atoms with Gasteiger partial charge >= 0.3 is 0 Å². The minimum absolute atomic E-state index is 0.478. The van der Waals surface area contributed by atoms with Crippen molar-refractivity contribution in [2.24, 2.45) is 0 Å². The third-order valence-electron chi connectivity index (χ3n) is 5.05. The summed E-state index contributed by atoms with van der Waals surface area (Å²) in [6, 6.07) is 14.9. The minimum atomic E-state index is -1.51. The van der Waals surface area contributed by atoms with Crippen molar-refractivity contribution in [1.82, 2.24) is 0 Å². The number of hydrogen-bond acceptors (Lipinski definition) is 7. The molecule has 0 aromatic heterocycles. The third kappa shape index (κ3) is 4.14. The summed E-state index contributed by atoms with van der Waals surface area (Å²) >= 11 is 0. The van der Waals surface area contributed by atoms with Gasteiger partial charge in [-0.2, -0.15) is 0 Å². The van der Waals surface area contributed by atoms with Gasteiger partial charge in [-0.3, -0.25) is 0 Å². The zero-order chi connectivity index (χ0) is 20.3. The Bertz CT molecular complexity index is 779. The highest BCUT2D eigenvalue weighted by atomic mass is 16.7. The largest absolute Gasteiger partial charge is 0.497 e. The molecule has 1 aliphatic rings. The lowest BCUT2D eigenvalue weighted by molar-refractivity contribution is -0.313. The van der Waals surface area contributed by atoms with Crippen LogP contribution in [-0.4, -0.2) is 64.3 Å². The molecule has 7 heteroatoms. The maximum absolute atomic E-state index is 10.3. The first-order valence-electron chi connectivity index (χ1n) is 9.08. The average molecular weight is 390 g/mol. The van der Waals surface area contributed by atoms with E-state index in [0.29, 0.717) is 12.2 Å². The number of aliphatic hydroxyl groups is 4. The van der Waals surface area contributed by atoms with Crippen molar-refractivity contribution in [3.8, 4) is 11.5 Å². The van der Waals surface area contributed by atoms with Crippen molar-refractivity contribution >= 4 is 0 Å². The molecular formula is C21H26O7. The summed E-state index contributed by atoms with van der Waals surface area (Å²) in [5, 5.41) is 40.1. The Labute approximate surface area is 163 Å². The second-order valence-corrected chi connectivity index (χ2v) is 7.13. The number of aliphatic hydroxyl groups excluding tert-OH is 4. The molecular weight excluding hydrogens is 364 g/mol. The van der Waals surface area contributed by atoms with Crippen LogP contribution in [0.5, 0.6) is 11.5 Å². The van der Waals surface area contributed by atoms with Crippen molar-refractivity contribution in [2.75, 3.05) is 13.7 Å². The van der Waals surface area contributed by atoms with E-state index in [-0.39, 0.29) is 0 Å². The molecule has 28 heavy (non-hydrogen) atoms. The number of para-hydroxylation sites is 1. The third-order valence-corrected chi connectivity index (χ3v) is 5.05. The van der Waals surface area contributed by atoms with Crippen LogP contribution in [0.2, 0.25) is 0 Å². The van der Waals surface area contributed by atoms with Crippen LogP contribution in [0.25, 0.3) is 0 Å². The normalized spacial score (nSPS) is 30.1. The van der Waals surface area contributed by atoms with Gasteiger partial charge < -0.3 is 34.6 Å². The molecule has 0 unspecified atom stereocenters. The average Bonchev–Trinajstić information content (AvgIpc) is 2.72. The Balaban J connectivity index is 1.80. The molecule has 0 bridgehead atoms. The van der Waals surface area contributed by atoms with Gasteiger partial charge in [-0.15, -0.1) is 0 Å². The van der Waals surface area contributed by atoms with Gasteiger partial charge in [-0.05, 0) is 36.2 Å². The zero-order valence-electron chi connectivity index (χ0n) is 15.9. The second-order valence-electron chi connectivity index (χ2n) is 7.13. The maximum atomic E-state index is 10.3. The van der Waals surface area contributed by atoms with Crippen LogP contribution in [0.4, 0.5) is 0 Å². The highest BCUT2D eigenvalue weighted by Gasteiger charge is 2.51. The van der Waals surface area contributed by atoms with E-state index in [0.717, 1.165) is 16.9 Å². The van der Waals surface area contributed by atoms with Gasteiger partial charge in [0.25, 0.3) is 0 Å². The van der Waals surface area contributed by atoms with Crippen molar-refractivity contribution in [3.05, 3.63) is 59.7 Å². The quantitative estimate of drug-likeness (QED) is 0.579. The summed E-state index contributed by atoms with van der Waals surface area (Å²) in [6.07, 6.45) is -5.09. The highest BCUT2D eigenvalue weighted by molar-refractivity contribution is 5.39. The molecule has 152 valence electrons. The minimum Gasteiger partial charge on any atom is -0.497 e. The molecule has 1 aliphatic heterocycles. The van der Waals surface area contributed by atoms with E-state index in [9.17, 15) is 20.4 Å². The van der Waals surface area contributed by atoms with Crippen LogP contribution in [0, 0.1) is 0 Å². The summed E-state index contributed by atoms with van der Waals surface area (Å²) in [5.74, 6) is 1.24. The molecule has 1 heterocycles. The monoisotopic (exact) mass is 390 g/mol. The molecule has 0 amide bonds. The molecule has 4 N–H and O–H groups in total. The first-order chi connectivity index (χ1) is 13.4. The summed E-state index contributed by atoms with van der Waals surface area (Å²) in [4.78, 5) is 0. The lowest BCUT2D eigenvalue weighted by Crippen LogP contribution is -2.65. The Morgan fingerprint density at radius 2 is 1.68 bits per heavy atom. The van der Waals surface area contributed by atoms with E-state index in [4.69, 9.17) is 14.2 Å². The maximum Gasteiger partial charge on any atom is 0.229 e. The number of benzene rings is 2. The molecule has 7 nitrogen and oxygen atoms in total. The Kier molecular flexibility index (Phi) is 6.22. The van der Waals surface area contributed by atoms with E-state index >= 15 is 0 Å². The SMILES string of the molecule is COc1ccc(Cc2ccccc2O[C@@H]2O[C@](C)(CO)[C@@H](O)[C@H](O)[C@H]2O)cc1. The Morgan fingerprint density at radius 1 is 1.00 bits per heavy atom. The van der Waals surface area contributed by atoms with Crippen molar-refractivity contribution in [1.29, 1.82) is 0 Å². The van der Waals surface area contributed by atoms with E-state index in [1.807, 2.05) is 36.4 Å². The van der Waals surface area contributed by atoms with Crippen LogP contribution in [0.1, 0.15) is 18.1 Å². The predicted octanol–water partition coefficient (Wildman–Crippen LogP) is 0.855. The fourth-order valence-corrected chi connectivity index (χ4v) is 3.19. The smallest absolute Gasteiger partial charge is 0.229 e. The molecule has 2 aromatic rings. The number of hydrogen-bond donors (Lipinski definition) is 4. The van der Waals surface area contributed by atoms with Crippen LogP contribution in [0.15, 0.2) is 48.5 Å². The lowest BCUT2D eigenvalue weighted by Gasteiger charge is -2.45. The number of ether oxygens (including phenoxy) is 3. The van der Waals surface area contributed by atoms with Crippen LogP contribution < -0.4 is 9.47 Å². The van der Waals surface area contributed by atoms with Crippen molar-refractivity contribution in [3.63, 3.8) is 0 Å². The molecule has 1 fully saturated rings. The fourth-order valence-electron chi connectivity index (χ4n) is 3.19. The van der Waals surface area contributed by atoms with E-state index in [1.54, 1.807) is 19.2 Å². The first-order valence-corrected chi connectivity index (χ1v) is 9.08. The van der Waals surface area contributed by atoms with Gasteiger partial charge in [0.15, 0.2) is 0 Å². The molecule has 0 saturated carbocycles. The topological polar surface area (TPSA) is 109 Å². The van der Waals surface area contributed by atoms with E-state index in [2.05, 4.69) is 0 Å². The highest BCUT2D eigenvalue weighted by Crippen LogP contribution is 2.32. The molecule has 0 spiro atoms. The Morgan fingerprint density at radius 3 is 2.32 bits per heavy atom. The fraction of sp³-hybridized carbons (Fsp3) is 0.429. The number of methoxy groups -OCH3 is 1. The van der Waals surface area contributed by atoms with Gasteiger partial charge in [0, 0.05) is 6.42 Å². The molecule has 3 rings (SSSR count). The Hall–Kier alpha value is -2.16. The predicted molar refractivity (Wildman–Crippen MR) is 101 cm³/mol. The summed E-state index contributed by atoms with van der Waals surface area (Å²) < 4.78 is 16.6. The zero-order valence-corrected chi connectivity index (χ0v) is 15.9. The van der Waals surface area contributed by atoms with Crippen molar-refractivity contribution < 1.29 is 34.6 Å². The molecule has 1 saturated heterocycles. The standard InChI is InChI=1S/C21H26O7/c1-21(12-22)19(25)17(23)18(24)20(28-21)27-16-6-4-3-5-14(16)11-13-7-9-15(26-2)10-8-13/h3-10,17-20,22-25H,11-12H2,1-2H3/t17-,18-,19+,20-,21-/m1/s1. The summed E-state index contributed by atoms with van der Waals surface area (Å²) in [5.41, 5.74) is 0.446. The van der Waals surface area contributed by atoms with Gasteiger partial charge in [-0.25, -0.2) is 0 Å². The van der Waals surface area contributed by atoms with Crippen LogP contribution in [-0.2, 0) is 11.2 Å². The van der Waals surface area contributed by atoms with Gasteiger partial charge in [-0.1, -0.05) is 30.3 Å². The molecule has 0 radical (unpaired) electrons. The van der Waals surface area contributed by atoms with Crippen LogP contribution >= 0.6 is 0 Å². The molecule has 2 aromatic carbocycles. The summed E-state index contributed by atoms with van der Waals surface area (Å²) in [6.45, 7) is 0.914. The van der Waals surface area contributed by atoms with Gasteiger partial charge in [0.2, 0.25) is 6.29 Å². The van der Waals surface area contributed by atoms with Crippen molar-refractivity contribution in [2.45, 2.75) is 43.5 Å². The van der Waals surface area contributed by atoms with E-state index < -0.39 is 36.8 Å².